The van der Waals surface area contributed by atoms with Crippen molar-refractivity contribution in [2.24, 2.45) is 0 Å². The summed E-state index contributed by atoms with van der Waals surface area (Å²) in [6.07, 6.45) is 1.84. The standard InChI is InChI=1S/C11H12ClFO/c1-8-2-3-9(13)10(6-8)14-11(7-12)4-5-11/h2-3,6H,4-5,7H2,1H3. The van der Waals surface area contributed by atoms with Gasteiger partial charge in [-0.3, -0.25) is 0 Å². The summed E-state index contributed by atoms with van der Waals surface area (Å²) in [7, 11) is 0. The molecule has 0 N–H and O–H groups in total. The lowest BCUT2D eigenvalue weighted by atomic mass is 10.2. The van der Waals surface area contributed by atoms with Crippen molar-refractivity contribution in [2.75, 3.05) is 5.88 Å². The average Bonchev–Trinajstić information content (AvgIpc) is 2.92. The van der Waals surface area contributed by atoms with Crippen molar-refractivity contribution in [3.8, 4) is 5.75 Å². The maximum atomic E-state index is 13.3. The molecule has 1 aromatic carbocycles. The molecule has 2 rings (SSSR count). The van der Waals surface area contributed by atoms with Crippen molar-refractivity contribution in [1.82, 2.24) is 0 Å². The van der Waals surface area contributed by atoms with Gasteiger partial charge in [-0.2, -0.15) is 0 Å². The molecule has 0 aromatic heterocycles. The van der Waals surface area contributed by atoms with Crippen molar-refractivity contribution in [2.45, 2.75) is 25.4 Å². The van der Waals surface area contributed by atoms with Gasteiger partial charge in [-0.05, 0) is 37.5 Å². The molecule has 1 aromatic rings. The fourth-order valence-electron chi connectivity index (χ4n) is 1.32. The Morgan fingerprint density at radius 3 is 2.79 bits per heavy atom. The van der Waals surface area contributed by atoms with Crippen LogP contribution < -0.4 is 4.74 Å². The molecule has 1 saturated carbocycles. The van der Waals surface area contributed by atoms with E-state index in [4.69, 9.17) is 16.3 Å². The second-order valence-electron chi connectivity index (χ2n) is 3.85. The van der Waals surface area contributed by atoms with Crippen molar-refractivity contribution in [3.05, 3.63) is 29.6 Å². The van der Waals surface area contributed by atoms with Crippen molar-refractivity contribution in [1.29, 1.82) is 0 Å². The molecule has 3 heteroatoms. The monoisotopic (exact) mass is 214 g/mol. The summed E-state index contributed by atoms with van der Waals surface area (Å²) in [5.74, 6) is 0.440. The van der Waals surface area contributed by atoms with Crippen molar-refractivity contribution < 1.29 is 9.13 Å². The molecule has 0 aliphatic heterocycles. The van der Waals surface area contributed by atoms with E-state index < -0.39 is 0 Å². The van der Waals surface area contributed by atoms with E-state index in [1.165, 1.54) is 6.07 Å². The Morgan fingerprint density at radius 2 is 2.21 bits per heavy atom. The number of alkyl halides is 1. The zero-order valence-electron chi connectivity index (χ0n) is 8.02. The van der Waals surface area contributed by atoms with Gasteiger partial charge in [0.25, 0.3) is 0 Å². The van der Waals surface area contributed by atoms with E-state index in [0.29, 0.717) is 11.6 Å². The number of hydrogen-bond acceptors (Lipinski definition) is 1. The highest BCUT2D eigenvalue weighted by molar-refractivity contribution is 6.18. The number of benzene rings is 1. The van der Waals surface area contributed by atoms with Crippen LogP contribution in [0.4, 0.5) is 4.39 Å². The molecule has 76 valence electrons. The van der Waals surface area contributed by atoms with Crippen LogP contribution in [0.5, 0.6) is 5.75 Å². The number of rotatable bonds is 3. The molecule has 0 amide bonds. The first-order chi connectivity index (χ1) is 6.65. The minimum atomic E-state index is -0.313. The molecule has 0 saturated heterocycles. The Kier molecular flexibility index (Phi) is 2.40. The third kappa shape index (κ3) is 1.85. The first-order valence-corrected chi connectivity index (χ1v) is 5.20. The second-order valence-corrected chi connectivity index (χ2v) is 4.12. The average molecular weight is 215 g/mol. The maximum absolute atomic E-state index is 13.3. The molecule has 14 heavy (non-hydrogen) atoms. The molecule has 1 aliphatic rings. The highest BCUT2D eigenvalue weighted by atomic mass is 35.5. The first-order valence-electron chi connectivity index (χ1n) is 4.66. The maximum Gasteiger partial charge on any atom is 0.165 e. The third-order valence-electron chi connectivity index (χ3n) is 2.46. The van der Waals surface area contributed by atoms with E-state index in [-0.39, 0.29) is 11.4 Å². The summed E-state index contributed by atoms with van der Waals surface area (Å²) < 4.78 is 18.9. The van der Waals surface area contributed by atoms with Crippen LogP contribution in [0.3, 0.4) is 0 Å². The van der Waals surface area contributed by atoms with Gasteiger partial charge in [0, 0.05) is 0 Å². The predicted molar refractivity (Wildman–Crippen MR) is 54.5 cm³/mol. The van der Waals surface area contributed by atoms with Crippen LogP contribution in [-0.2, 0) is 0 Å². The summed E-state index contributed by atoms with van der Waals surface area (Å²) in [6.45, 7) is 1.91. The molecule has 1 aliphatic carbocycles. The van der Waals surface area contributed by atoms with Crippen LogP contribution >= 0.6 is 11.6 Å². The Morgan fingerprint density at radius 1 is 1.50 bits per heavy atom. The largest absolute Gasteiger partial charge is 0.483 e. The second kappa shape index (κ2) is 3.43. The summed E-state index contributed by atoms with van der Waals surface area (Å²) >= 11 is 5.75. The molecule has 0 heterocycles. The minimum absolute atomic E-state index is 0.295. The molecular weight excluding hydrogens is 203 g/mol. The van der Waals surface area contributed by atoms with Gasteiger partial charge in [0.15, 0.2) is 11.6 Å². The number of halogens is 2. The van der Waals surface area contributed by atoms with Gasteiger partial charge >= 0.3 is 0 Å². The van der Waals surface area contributed by atoms with E-state index in [0.717, 1.165) is 18.4 Å². The zero-order chi connectivity index (χ0) is 10.2. The molecule has 0 unspecified atom stereocenters. The number of aryl methyl sites for hydroxylation is 1. The SMILES string of the molecule is Cc1ccc(F)c(OC2(CCl)CC2)c1. The summed E-state index contributed by atoms with van der Waals surface area (Å²) in [4.78, 5) is 0. The zero-order valence-corrected chi connectivity index (χ0v) is 8.77. The summed E-state index contributed by atoms with van der Waals surface area (Å²) in [5.41, 5.74) is 0.697. The molecule has 0 radical (unpaired) electrons. The quantitative estimate of drug-likeness (QED) is 0.702. The fraction of sp³-hybridized carbons (Fsp3) is 0.455. The van der Waals surface area contributed by atoms with E-state index in [1.807, 2.05) is 6.92 Å². The highest BCUT2D eigenvalue weighted by Gasteiger charge is 2.45. The van der Waals surface area contributed by atoms with Gasteiger partial charge in [0.1, 0.15) is 5.60 Å². The van der Waals surface area contributed by atoms with Gasteiger partial charge in [-0.15, -0.1) is 11.6 Å². The lowest BCUT2D eigenvalue weighted by Gasteiger charge is -2.15. The van der Waals surface area contributed by atoms with E-state index in [1.54, 1.807) is 12.1 Å². The van der Waals surface area contributed by atoms with E-state index in [9.17, 15) is 4.39 Å². The normalized spacial score (nSPS) is 17.9. The van der Waals surface area contributed by atoms with Crippen LogP contribution in [-0.4, -0.2) is 11.5 Å². The van der Waals surface area contributed by atoms with Crippen LogP contribution in [0.2, 0.25) is 0 Å². The van der Waals surface area contributed by atoms with Gasteiger partial charge in [0.2, 0.25) is 0 Å². The fourth-order valence-corrected chi connectivity index (χ4v) is 1.65. The summed E-state index contributed by atoms with van der Waals surface area (Å²) in [5, 5.41) is 0. The first kappa shape index (κ1) is 9.78. The van der Waals surface area contributed by atoms with Crippen LogP contribution in [0.25, 0.3) is 0 Å². The van der Waals surface area contributed by atoms with Gasteiger partial charge < -0.3 is 4.74 Å². The smallest absolute Gasteiger partial charge is 0.165 e. The van der Waals surface area contributed by atoms with Crippen LogP contribution in [0, 0.1) is 12.7 Å². The van der Waals surface area contributed by atoms with E-state index >= 15 is 0 Å². The lowest BCUT2D eigenvalue weighted by molar-refractivity contribution is 0.194. The Balaban J connectivity index is 2.20. The number of hydrogen-bond donors (Lipinski definition) is 0. The molecule has 1 nitrogen and oxygen atoms in total. The lowest BCUT2D eigenvalue weighted by Crippen LogP contribution is -2.20. The molecule has 1 fully saturated rings. The molecule has 0 spiro atoms. The third-order valence-corrected chi connectivity index (χ3v) is 2.95. The Bertz CT molecular complexity index is 347. The van der Waals surface area contributed by atoms with Gasteiger partial charge in [0.05, 0.1) is 5.88 Å². The molecular formula is C11H12ClFO. The summed E-state index contributed by atoms with van der Waals surface area (Å²) in [6, 6.07) is 4.86. The van der Waals surface area contributed by atoms with Crippen LogP contribution in [0.15, 0.2) is 18.2 Å². The Labute approximate surface area is 87.8 Å². The highest BCUT2D eigenvalue weighted by Crippen LogP contribution is 2.41. The number of ether oxygens (including phenoxy) is 1. The minimum Gasteiger partial charge on any atom is -0.483 e. The molecule has 0 bridgehead atoms. The Hall–Kier alpha value is -0.760. The van der Waals surface area contributed by atoms with Crippen LogP contribution in [0.1, 0.15) is 18.4 Å². The molecule has 0 atom stereocenters. The van der Waals surface area contributed by atoms with Crippen molar-refractivity contribution in [3.63, 3.8) is 0 Å². The van der Waals surface area contributed by atoms with E-state index in [2.05, 4.69) is 0 Å². The predicted octanol–water partition coefficient (Wildman–Crippen LogP) is 3.28. The topological polar surface area (TPSA) is 9.23 Å². The van der Waals surface area contributed by atoms with Crippen molar-refractivity contribution >= 4 is 11.6 Å². The van der Waals surface area contributed by atoms with Gasteiger partial charge in [-0.1, -0.05) is 6.07 Å². The van der Waals surface area contributed by atoms with Gasteiger partial charge in [-0.25, -0.2) is 4.39 Å².